The molecule has 1 atom stereocenters. The van der Waals surface area contributed by atoms with Gasteiger partial charge in [0.15, 0.2) is 0 Å². The number of nitrogens with zero attached hydrogens (tertiary/aromatic N) is 1. The molecule has 2 aliphatic heterocycles. The van der Waals surface area contributed by atoms with Gasteiger partial charge in [-0.2, -0.15) is 0 Å². The molecule has 0 aromatic carbocycles. The highest BCUT2D eigenvalue weighted by atomic mass is 35.5. The zero-order valence-electron chi connectivity index (χ0n) is 14.8. The van der Waals surface area contributed by atoms with Crippen LogP contribution in [-0.2, 0) is 4.79 Å². The van der Waals surface area contributed by atoms with Crippen LogP contribution in [0.3, 0.4) is 0 Å². The molecule has 3 heterocycles. The predicted octanol–water partition coefficient (Wildman–Crippen LogP) is 2.67. The summed E-state index contributed by atoms with van der Waals surface area (Å²) >= 11 is 1.44. The van der Waals surface area contributed by atoms with Gasteiger partial charge in [0.05, 0.1) is 4.88 Å². The van der Waals surface area contributed by atoms with Gasteiger partial charge in [-0.3, -0.25) is 9.59 Å². The number of hydrogen-bond acceptors (Lipinski definition) is 4. The zero-order valence-corrected chi connectivity index (χ0v) is 16.4. The molecule has 1 aromatic rings. The number of halogens is 1. The van der Waals surface area contributed by atoms with Crippen molar-refractivity contribution in [2.24, 2.45) is 5.41 Å². The summed E-state index contributed by atoms with van der Waals surface area (Å²) in [6.07, 6.45) is 4.91. The minimum absolute atomic E-state index is 0. The summed E-state index contributed by atoms with van der Waals surface area (Å²) in [5, 5.41) is 8.41. The molecular formula is C18H28ClN3O2S. The Labute approximate surface area is 160 Å². The number of nitrogens with one attached hydrogen (secondary N) is 2. The molecule has 0 bridgehead atoms. The van der Waals surface area contributed by atoms with E-state index >= 15 is 0 Å². The standard InChI is InChI=1S/C18H27N3O2S.ClH/c1-18(7-9-19-10-8-18)13-20-16(22)14-5-2-3-11-21(14)17(23)15-6-4-12-24-15;/h4,6,12,14,19H,2-3,5,7-11,13H2,1H3,(H,20,22);1H. The number of carbonyl (C=O) groups excluding carboxylic acids is 2. The third-order valence-electron chi connectivity index (χ3n) is 5.30. The van der Waals surface area contributed by atoms with Crippen molar-refractivity contribution in [2.75, 3.05) is 26.2 Å². The second-order valence-electron chi connectivity index (χ2n) is 7.27. The highest BCUT2D eigenvalue weighted by molar-refractivity contribution is 7.12. The lowest BCUT2D eigenvalue weighted by atomic mass is 9.81. The van der Waals surface area contributed by atoms with Gasteiger partial charge in [0.1, 0.15) is 6.04 Å². The van der Waals surface area contributed by atoms with E-state index in [2.05, 4.69) is 17.6 Å². The Balaban J connectivity index is 0.00000225. The number of likely N-dealkylation sites (tertiary alicyclic amines) is 1. The van der Waals surface area contributed by atoms with Gasteiger partial charge >= 0.3 is 0 Å². The van der Waals surface area contributed by atoms with E-state index in [1.54, 1.807) is 4.90 Å². The molecule has 3 rings (SSSR count). The van der Waals surface area contributed by atoms with E-state index in [0.29, 0.717) is 13.1 Å². The Morgan fingerprint density at radius 1 is 1.36 bits per heavy atom. The van der Waals surface area contributed by atoms with E-state index in [1.165, 1.54) is 11.3 Å². The summed E-state index contributed by atoms with van der Waals surface area (Å²) in [4.78, 5) is 27.9. The van der Waals surface area contributed by atoms with E-state index in [9.17, 15) is 9.59 Å². The van der Waals surface area contributed by atoms with Crippen LogP contribution < -0.4 is 10.6 Å². The molecule has 0 radical (unpaired) electrons. The van der Waals surface area contributed by atoms with Gasteiger partial charge in [-0.1, -0.05) is 13.0 Å². The van der Waals surface area contributed by atoms with Crippen molar-refractivity contribution in [1.82, 2.24) is 15.5 Å². The highest BCUT2D eigenvalue weighted by Gasteiger charge is 2.34. The van der Waals surface area contributed by atoms with Crippen molar-refractivity contribution in [3.05, 3.63) is 22.4 Å². The Morgan fingerprint density at radius 2 is 2.12 bits per heavy atom. The molecule has 25 heavy (non-hydrogen) atoms. The second kappa shape index (κ2) is 9.01. The number of hydrogen-bond donors (Lipinski definition) is 2. The minimum Gasteiger partial charge on any atom is -0.354 e. The van der Waals surface area contributed by atoms with Gasteiger partial charge in [0, 0.05) is 13.1 Å². The van der Waals surface area contributed by atoms with Gasteiger partial charge in [0.25, 0.3) is 5.91 Å². The quantitative estimate of drug-likeness (QED) is 0.837. The topological polar surface area (TPSA) is 61.4 Å². The molecule has 2 saturated heterocycles. The molecule has 2 N–H and O–H groups in total. The van der Waals surface area contributed by atoms with E-state index < -0.39 is 0 Å². The lowest BCUT2D eigenvalue weighted by molar-refractivity contribution is -0.127. The van der Waals surface area contributed by atoms with Crippen molar-refractivity contribution in [3.63, 3.8) is 0 Å². The van der Waals surface area contributed by atoms with Crippen LogP contribution in [0, 0.1) is 5.41 Å². The predicted molar refractivity (Wildman–Crippen MR) is 103 cm³/mol. The number of thiophene rings is 1. The second-order valence-corrected chi connectivity index (χ2v) is 8.21. The van der Waals surface area contributed by atoms with Gasteiger partial charge in [-0.15, -0.1) is 23.7 Å². The average Bonchev–Trinajstić information content (AvgIpc) is 3.14. The van der Waals surface area contributed by atoms with Crippen LogP contribution in [0.25, 0.3) is 0 Å². The number of carbonyl (C=O) groups is 2. The first-order chi connectivity index (χ1) is 11.6. The molecule has 1 aromatic heterocycles. The van der Waals surface area contributed by atoms with Crippen LogP contribution in [-0.4, -0.2) is 48.9 Å². The molecule has 0 aliphatic carbocycles. The van der Waals surface area contributed by atoms with E-state index in [0.717, 1.165) is 50.1 Å². The van der Waals surface area contributed by atoms with Gasteiger partial charge < -0.3 is 15.5 Å². The summed E-state index contributed by atoms with van der Waals surface area (Å²) in [7, 11) is 0. The van der Waals surface area contributed by atoms with E-state index in [4.69, 9.17) is 0 Å². The summed E-state index contributed by atoms with van der Waals surface area (Å²) < 4.78 is 0. The van der Waals surface area contributed by atoms with Crippen molar-refractivity contribution < 1.29 is 9.59 Å². The van der Waals surface area contributed by atoms with Crippen molar-refractivity contribution in [2.45, 2.75) is 45.1 Å². The van der Waals surface area contributed by atoms with Crippen LogP contribution in [0.2, 0.25) is 0 Å². The number of piperidine rings is 2. The number of amides is 2. The zero-order chi connectivity index (χ0) is 17.0. The summed E-state index contributed by atoms with van der Waals surface area (Å²) in [6, 6.07) is 3.40. The largest absolute Gasteiger partial charge is 0.354 e. The Bertz CT molecular complexity index is 573. The maximum Gasteiger partial charge on any atom is 0.264 e. The lowest BCUT2D eigenvalue weighted by Crippen LogP contribution is -2.53. The van der Waals surface area contributed by atoms with Crippen LogP contribution in [0.15, 0.2) is 17.5 Å². The van der Waals surface area contributed by atoms with Gasteiger partial charge in [0.2, 0.25) is 5.91 Å². The van der Waals surface area contributed by atoms with Crippen LogP contribution in [0.1, 0.15) is 48.7 Å². The molecule has 5 nitrogen and oxygen atoms in total. The fourth-order valence-corrected chi connectivity index (χ4v) is 4.29. The minimum atomic E-state index is -0.321. The fourth-order valence-electron chi connectivity index (χ4n) is 3.61. The molecule has 0 saturated carbocycles. The van der Waals surface area contributed by atoms with Crippen LogP contribution >= 0.6 is 23.7 Å². The van der Waals surface area contributed by atoms with Crippen LogP contribution in [0.4, 0.5) is 0 Å². The molecule has 2 fully saturated rings. The molecular weight excluding hydrogens is 358 g/mol. The molecule has 2 amide bonds. The first-order valence-corrected chi connectivity index (χ1v) is 9.80. The normalized spacial score (nSPS) is 22.8. The lowest BCUT2D eigenvalue weighted by Gasteiger charge is -2.37. The SMILES string of the molecule is CC1(CNC(=O)C2CCCCN2C(=O)c2cccs2)CCNCC1.Cl. The van der Waals surface area contributed by atoms with Gasteiger partial charge in [-0.05, 0) is 62.1 Å². The maximum absolute atomic E-state index is 12.8. The summed E-state index contributed by atoms with van der Waals surface area (Å²) in [6.45, 7) is 5.64. The highest BCUT2D eigenvalue weighted by Crippen LogP contribution is 2.27. The maximum atomic E-state index is 12.8. The van der Waals surface area contributed by atoms with Gasteiger partial charge in [-0.25, -0.2) is 0 Å². The fraction of sp³-hybridized carbons (Fsp3) is 0.667. The molecule has 140 valence electrons. The molecule has 0 spiro atoms. The third-order valence-corrected chi connectivity index (χ3v) is 6.16. The Morgan fingerprint density at radius 3 is 2.80 bits per heavy atom. The average molecular weight is 386 g/mol. The molecule has 7 heteroatoms. The first-order valence-electron chi connectivity index (χ1n) is 8.92. The monoisotopic (exact) mass is 385 g/mol. The Kier molecular flexibility index (Phi) is 7.28. The van der Waals surface area contributed by atoms with Crippen molar-refractivity contribution in [1.29, 1.82) is 0 Å². The van der Waals surface area contributed by atoms with E-state index in [1.807, 2.05) is 17.5 Å². The molecule has 2 aliphatic rings. The smallest absolute Gasteiger partial charge is 0.264 e. The molecule has 1 unspecified atom stereocenters. The van der Waals surface area contributed by atoms with Crippen molar-refractivity contribution >= 4 is 35.6 Å². The summed E-state index contributed by atoms with van der Waals surface area (Å²) in [5.41, 5.74) is 0.165. The van der Waals surface area contributed by atoms with E-state index in [-0.39, 0.29) is 35.7 Å². The first kappa shape index (κ1) is 20.2. The Hall–Kier alpha value is -1.11. The number of rotatable bonds is 4. The van der Waals surface area contributed by atoms with Crippen LogP contribution in [0.5, 0.6) is 0 Å². The third kappa shape index (κ3) is 4.96. The summed E-state index contributed by atoms with van der Waals surface area (Å²) in [5.74, 6) is 0.0114. The van der Waals surface area contributed by atoms with Crippen molar-refractivity contribution in [3.8, 4) is 0 Å².